The molecule has 0 unspecified atom stereocenters. The first kappa shape index (κ1) is 17.2. The Bertz CT molecular complexity index is 1250. The van der Waals surface area contributed by atoms with Gasteiger partial charge in [0.2, 0.25) is 0 Å². The lowest BCUT2D eigenvalue weighted by Crippen LogP contribution is -2.22. The maximum Gasteiger partial charge on any atom is 0.325 e. The number of esters is 1. The van der Waals surface area contributed by atoms with Gasteiger partial charge in [0.15, 0.2) is 4.80 Å². The minimum Gasteiger partial charge on any atom is -0.468 e. The Labute approximate surface area is 158 Å². The monoisotopic (exact) mass is 379 g/mol. The van der Waals surface area contributed by atoms with Crippen molar-refractivity contribution < 1.29 is 14.3 Å². The first-order valence-corrected chi connectivity index (χ1v) is 9.20. The molecule has 0 aliphatic rings. The van der Waals surface area contributed by atoms with Gasteiger partial charge in [-0.05, 0) is 30.7 Å². The summed E-state index contributed by atoms with van der Waals surface area (Å²) >= 11 is 1.38. The number of methoxy groups -OCH3 is 1. The number of rotatable bonds is 3. The number of aromatic nitrogens is 2. The third-order valence-corrected chi connectivity index (χ3v) is 5.41. The highest BCUT2D eigenvalue weighted by Gasteiger charge is 2.14. The lowest BCUT2D eigenvalue weighted by molar-refractivity contribution is -0.141. The normalized spacial score (nSPS) is 12.0. The van der Waals surface area contributed by atoms with Crippen LogP contribution in [0.3, 0.4) is 0 Å². The molecule has 2 aromatic heterocycles. The number of carbonyl (C=O) groups is 2. The molecule has 0 saturated carbocycles. The molecule has 136 valence electrons. The SMILES string of the molecule is COC(=O)Cn1c(=NC(=O)c2c[nH]c3ccccc23)sc2cc(C)ccc21. The molecule has 0 atom stereocenters. The van der Waals surface area contributed by atoms with E-state index in [2.05, 4.69) is 9.98 Å². The number of nitrogens with zero attached hydrogens (tertiary/aromatic N) is 2. The number of thiazole rings is 1. The van der Waals surface area contributed by atoms with Crippen LogP contribution in [0.5, 0.6) is 0 Å². The van der Waals surface area contributed by atoms with E-state index in [0.717, 1.165) is 26.7 Å². The predicted octanol–water partition coefficient (Wildman–Crippen LogP) is 3.41. The zero-order valence-corrected chi connectivity index (χ0v) is 15.7. The third kappa shape index (κ3) is 3.17. The van der Waals surface area contributed by atoms with Gasteiger partial charge in [0.05, 0.1) is 22.9 Å². The number of benzene rings is 2. The number of H-pyrrole nitrogens is 1. The minimum atomic E-state index is -0.392. The van der Waals surface area contributed by atoms with Crippen LogP contribution >= 0.6 is 11.3 Å². The summed E-state index contributed by atoms with van der Waals surface area (Å²) in [4.78, 5) is 32.6. The summed E-state index contributed by atoms with van der Waals surface area (Å²) in [5.74, 6) is -0.745. The molecule has 0 radical (unpaired) electrons. The Kier molecular flexibility index (Phi) is 4.37. The van der Waals surface area contributed by atoms with Crippen molar-refractivity contribution in [1.29, 1.82) is 0 Å². The van der Waals surface area contributed by atoms with E-state index < -0.39 is 5.97 Å². The summed E-state index contributed by atoms with van der Waals surface area (Å²) in [7, 11) is 1.34. The number of fused-ring (bicyclic) bond motifs is 2. The van der Waals surface area contributed by atoms with Crippen LogP contribution in [0.4, 0.5) is 0 Å². The Hall–Kier alpha value is -3.19. The number of amides is 1. The van der Waals surface area contributed by atoms with E-state index in [0.29, 0.717) is 10.4 Å². The molecule has 6 nitrogen and oxygen atoms in total. The molecule has 2 aromatic carbocycles. The van der Waals surface area contributed by atoms with Gasteiger partial charge in [-0.3, -0.25) is 9.59 Å². The number of para-hydroxylation sites is 1. The van der Waals surface area contributed by atoms with Crippen LogP contribution in [0.2, 0.25) is 0 Å². The summed E-state index contributed by atoms with van der Waals surface area (Å²) in [6.07, 6.45) is 1.67. The van der Waals surface area contributed by atoms with E-state index in [1.807, 2.05) is 49.4 Å². The highest BCUT2D eigenvalue weighted by Crippen LogP contribution is 2.21. The van der Waals surface area contributed by atoms with Crippen LogP contribution in [-0.4, -0.2) is 28.5 Å². The fourth-order valence-electron chi connectivity index (χ4n) is 3.01. The van der Waals surface area contributed by atoms with Crippen molar-refractivity contribution >= 4 is 44.3 Å². The number of aryl methyl sites for hydroxylation is 1. The average molecular weight is 379 g/mol. The number of carbonyl (C=O) groups excluding carboxylic acids is 2. The van der Waals surface area contributed by atoms with Crippen LogP contribution in [0, 0.1) is 6.92 Å². The standard InChI is InChI=1S/C20H17N3O3S/c1-12-7-8-16-17(9-12)27-20(23(16)11-18(24)26-2)22-19(25)14-10-21-15-6-4-3-5-13(14)15/h3-10,21H,11H2,1-2H3. The summed E-state index contributed by atoms with van der Waals surface area (Å²) in [6.45, 7) is 2.00. The van der Waals surface area contributed by atoms with Crippen LogP contribution in [0.15, 0.2) is 53.7 Å². The fraction of sp³-hybridized carbons (Fsp3) is 0.150. The zero-order valence-electron chi connectivity index (χ0n) is 14.9. The number of ether oxygens (including phenoxy) is 1. The van der Waals surface area contributed by atoms with Crippen molar-refractivity contribution in [2.24, 2.45) is 4.99 Å². The first-order valence-electron chi connectivity index (χ1n) is 8.39. The Morgan fingerprint density at radius 3 is 2.85 bits per heavy atom. The maximum absolute atomic E-state index is 12.8. The average Bonchev–Trinajstić information content (AvgIpc) is 3.23. The van der Waals surface area contributed by atoms with Crippen molar-refractivity contribution in [1.82, 2.24) is 9.55 Å². The van der Waals surface area contributed by atoms with Crippen LogP contribution in [0.25, 0.3) is 21.1 Å². The van der Waals surface area contributed by atoms with Gasteiger partial charge in [-0.15, -0.1) is 0 Å². The molecule has 1 N–H and O–H groups in total. The molecule has 27 heavy (non-hydrogen) atoms. The van der Waals surface area contributed by atoms with Gasteiger partial charge < -0.3 is 14.3 Å². The van der Waals surface area contributed by atoms with E-state index in [1.54, 1.807) is 10.8 Å². The molecular weight excluding hydrogens is 362 g/mol. The summed E-state index contributed by atoms with van der Waals surface area (Å²) in [5, 5.41) is 0.822. The van der Waals surface area contributed by atoms with Crippen molar-refractivity contribution in [3.8, 4) is 0 Å². The molecule has 4 aromatic rings. The highest BCUT2D eigenvalue weighted by atomic mass is 32.1. The molecule has 0 aliphatic heterocycles. The van der Waals surface area contributed by atoms with E-state index in [1.165, 1.54) is 18.4 Å². The molecule has 0 bridgehead atoms. The summed E-state index contributed by atoms with van der Waals surface area (Å²) in [5.41, 5.74) is 3.33. The summed E-state index contributed by atoms with van der Waals surface area (Å²) < 4.78 is 7.48. The molecule has 7 heteroatoms. The minimum absolute atomic E-state index is 0.000438. The lowest BCUT2D eigenvalue weighted by atomic mass is 10.2. The Morgan fingerprint density at radius 2 is 2.04 bits per heavy atom. The number of hydrogen-bond donors (Lipinski definition) is 1. The molecule has 0 spiro atoms. The predicted molar refractivity (Wildman–Crippen MR) is 105 cm³/mol. The van der Waals surface area contributed by atoms with Crippen LogP contribution in [0.1, 0.15) is 15.9 Å². The second-order valence-corrected chi connectivity index (χ2v) is 7.19. The first-order chi connectivity index (χ1) is 13.1. The molecule has 0 saturated heterocycles. The summed E-state index contributed by atoms with van der Waals surface area (Å²) in [6, 6.07) is 13.5. The van der Waals surface area contributed by atoms with Crippen molar-refractivity contribution in [2.75, 3.05) is 7.11 Å². The van der Waals surface area contributed by atoms with Gasteiger partial charge in [-0.1, -0.05) is 35.6 Å². The van der Waals surface area contributed by atoms with Crippen LogP contribution in [-0.2, 0) is 16.1 Å². The second kappa shape index (κ2) is 6.85. The van der Waals surface area contributed by atoms with Crippen molar-refractivity contribution in [2.45, 2.75) is 13.5 Å². The van der Waals surface area contributed by atoms with Crippen LogP contribution < -0.4 is 4.80 Å². The van der Waals surface area contributed by atoms with E-state index in [9.17, 15) is 9.59 Å². The zero-order chi connectivity index (χ0) is 19.0. The number of nitrogens with one attached hydrogen (secondary N) is 1. The Morgan fingerprint density at radius 1 is 1.22 bits per heavy atom. The second-order valence-electron chi connectivity index (χ2n) is 6.18. The third-order valence-electron chi connectivity index (χ3n) is 4.37. The van der Waals surface area contributed by atoms with E-state index >= 15 is 0 Å². The van der Waals surface area contributed by atoms with Crippen molar-refractivity contribution in [3.05, 3.63) is 64.6 Å². The van der Waals surface area contributed by atoms with Gasteiger partial charge in [-0.25, -0.2) is 0 Å². The molecule has 0 fully saturated rings. The maximum atomic E-state index is 12.8. The highest BCUT2D eigenvalue weighted by molar-refractivity contribution is 7.16. The van der Waals surface area contributed by atoms with Crippen molar-refractivity contribution in [3.63, 3.8) is 0 Å². The molecular formula is C20H17N3O3S. The molecule has 1 amide bonds. The smallest absolute Gasteiger partial charge is 0.325 e. The largest absolute Gasteiger partial charge is 0.468 e. The fourth-order valence-corrected chi connectivity index (χ4v) is 4.13. The number of hydrogen-bond acceptors (Lipinski definition) is 4. The van der Waals surface area contributed by atoms with Gasteiger partial charge in [0.1, 0.15) is 6.54 Å². The molecule has 4 rings (SSSR count). The van der Waals surface area contributed by atoms with Gasteiger partial charge >= 0.3 is 5.97 Å². The molecule has 2 heterocycles. The van der Waals surface area contributed by atoms with Gasteiger partial charge in [0, 0.05) is 17.1 Å². The van der Waals surface area contributed by atoms with E-state index in [4.69, 9.17) is 4.74 Å². The van der Waals surface area contributed by atoms with Gasteiger partial charge in [-0.2, -0.15) is 4.99 Å². The van der Waals surface area contributed by atoms with E-state index in [-0.39, 0.29) is 12.5 Å². The quantitative estimate of drug-likeness (QED) is 0.554. The lowest BCUT2D eigenvalue weighted by Gasteiger charge is -2.03. The Balaban J connectivity index is 1.87. The molecule has 0 aliphatic carbocycles. The number of aromatic amines is 1. The van der Waals surface area contributed by atoms with Gasteiger partial charge in [0.25, 0.3) is 5.91 Å². The topological polar surface area (TPSA) is 76.5 Å².